The normalized spacial score (nSPS) is 19.7. The topological polar surface area (TPSA) is 36.4 Å². The molecule has 2 aromatic rings. The van der Waals surface area contributed by atoms with Gasteiger partial charge in [-0.25, -0.2) is 0 Å². The van der Waals surface area contributed by atoms with Crippen LogP contribution in [-0.4, -0.2) is 40.3 Å². The zero-order chi connectivity index (χ0) is 14.7. The molecule has 1 aromatic heterocycles. The predicted molar refractivity (Wildman–Crippen MR) is 84.0 cm³/mol. The fraction of sp³-hybridized carbons (Fsp3) is 0.375. The molecule has 0 N–H and O–H groups in total. The zero-order valence-corrected chi connectivity index (χ0v) is 12.9. The van der Waals surface area contributed by atoms with E-state index in [1.165, 1.54) is 10.4 Å². The maximum Gasteiger partial charge on any atom is 0.220 e. The highest BCUT2D eigenvalue weighted by Gasteiger charge is 2.29. The lowest BCUT2D eigenvalue weighted by Crippen LogP contribution is -2.49. The minimum atomic E-state index is 0.144. The fourth-order valence-corrected chi connectivity index (χ4v) is 3.50. The van der Waals surface area contributed by atoms with Gasteiger partial charge in [-0.15, -0.1) is 11.3 Å². The van der Waals surface area contributed by atoms with Crippen LogP contribution in [-0.2, 0) is 11.3 Å². The number of carbonyl (C=O) groups excluding carboxylic acids is 1. The van der Waals surface area contributed by atoms with Gasteiger partial charge in [0.15, 0.2) is 0 Å². The molecule has 0 saturated carbocycles. The number of aromatic nitrogens is 1. The molecule has 1 aromatic carbocycles. The summed E-state index contributed by atoms with van der Waals surface area (Å²) < 4.78 is 0. The van der Waals surface area contributed by atoms with E-state index in [4.69, 9.17) is 0 Å². The number of benzene rings is 1. The number of amides is 1. The standard InChI is InChI=1S/C16H19N3OS/c1-13(20)19-8-7-18(10-15-9-17-12-21-15)11-16(19)14-5-3-2-4-6-14/h2-6,9,12,16H,7-8,10-11H2,1H3/t16-/m1/s1. The van der Waals surface area contributed by atoms with Crippen LogP contribution >= 0.6 is 11.3 Å². The van der Waals surface area contributed by atoms with Crippen molar-refractivity contribution in [1.82, 2.24) is 14.8 Å². The Morgan fingerprint density at radius 3 is 2.81 bits per heavy atom. The zero-order valence-electron chi connectivity index (χ0n) is 12.1. The fourth-order valence-electron chi connectivity index (χ4n) is 2.86. The van der Waals surface area contributed by atoms with Gasteiger partial charge in [-0.3, -0.25) is 14.7 Å². The average molecular weight is 301 g/mol. The predicted octanol–water partition coefficient (Wildman–Crippen LogP) is 2.55. The Kier molecular flexibility index (Phi) is 4.31. The Morgan fingerprint density at radius 1 is 1.33 bits per heavy atom. The summed E-state index contributed by atoms with van der Waals surface area (Å²) >= 11 is 1.69. The van der Waals surface area contributed by atoms with Crippen LogP contribution in [0.2, 0.25) is 0 Å². The van der Waals surface area contributed by atoms with Gasteiger partial charge in [0.05, 0.1) is 11.6 Å². The summed E-state index contributed by atoms with van der Waals surface area (Å²) in [4.78, 5) is 21.7. The molecule has 0 unspecified atom stereocenters. The molecule has 1 saturated heterocycles. The van der Waals surface area contributed by atoms with Crippen LogP contribution < -0.4 is 0 Å². The summed E-state index contributed by atoms with van der Waals surface area (Å²) in [5.41, 5.74) is 3.08. The van der Waals surface area contributed by atoms with Gasteiger partial charge in [0, 0.05) is 44.2 Å². The van der Waals surface area contributed by atoms with E-state index in [9.17, 15) is 4.79 Å². The molecule has 1 atom stereocenters. The van der Waals surface area contributed by atoms with Crippen molar-refractivity contribution < 1.29 is 4.79 Å². The van der Waals surface area contributed by atoms with Crippen LogP contribution in [0.15, 0.2) is 42.0 Å². The van der Waals surface area contributed by atoms with Crippen LogP contribution in [0.3, 0.4) is 0 Å². The van der Waals surface area contributed by atoms with E-state index >= 15 is 0 Å². The largest absolute Gasteiger partial charge is 0.333 e. The summed E-state index contributed by atoms with van der Waals surface area (Å²) in [6.45, 7) is 5.16. The number of rotatable bonds is 3. The lowest BCUT2D eigenvalue weighted by Gasteiger charge is -2.41. The molecular formula is C16H19N3OS. The van der Waals surface area contributed by atoms with Crippen LogP contribution in [0, 0.1) is 0 Å². The Bertz CT molecular complexity index is 585. The number of carbonyl (C=O) groups is 1. The third-order valence-corrected chi connectivity index (χ3v) is 4.68. The Labute approximate surface area is 129 Å². The minimum Gasteiger partial charge on any atom is -0.333 e. The van der Waals surface area contributed by atoms with Crippen LogP contribution in [0.5, 0.6) is 0 Å². The first kappa shape index (κ1) is 14.2. The molecule has 2 heterocycles. The first-order valence-electron chi connectivity index (χ1n) is 7.16. The van der Waals surface area contributed by atoms with Gasteiger partial charge >= 0.3 is 0 Å². The summed E-state index contributed by atoms with van der Waals surface area (Å²) in [7, 11) is 0. The third kappa shape index (κ3) is 3.31. The van der Waals surface area contributed by atoms with Crippen LogP contribution in [0.1, 0.15) is 23.4 Å². The van der Waals surface area contributed by atoms with E-state index in [0.717, 1.165) is 26.2 Å². The van der Waals surface area contributed by atoms with E-state index in [1.807, 2.05) is 34.8 Å². The molecule has 1 aliphatic heterocycles. The molecule has 1 aliphatic rings. The van der Waals surface area contributed by atoms with Crippen molar-refractivity contribution in [3.8, 4) is 0 Å². The number of piperazine rings is 1. The van der Waals surface area contributed by atoms with Crippen LogP contribution in [0.25, 0.3) is 0 Å². The van der Waals surface area contributed by atoms with Gasteiger partial charge in [-0.05, 0) is 5.56 Å². The molecule has 0 bridgehead atoms. The van der Waals surface area contributed by atoms with Gasteiger partial charge in [0.25, 0.3) is 0 Å². The van der Waals surface area contributed by atoms with E-state index in [-0.39, 0.29) is 11.9 Å². The molecule has 1 fully saturated rings. The maximum absolute atomic E-state index is 11.9. The van der Waals surface area contributed by atoms with Crippen molar-refractivity contribution in [2.45, 2.75) is 19.5 Å². The Morgan fingerprint density at radius 2 is 2.14 bits per heavy atom. The van der Waals surface area contributed by atoms with Crippen molar-refractivity contribution in [3.05, 3.63) is 52.5 Å². The first-order valence-corrected chi connectivity index (χ1v) is 8.04. The monoisotopic (exact) mass is 301 g/mol. The molecule has 1 amide bonds. The molecule has 3 rings (SSSR count). The molecule has 4 nitrogen and oxygen atoms in total. The smallest absolute Gasteiger partial charge is 0.220 e. The molecule has 0 spiro atoms. The van der Waals surface area contributed by atoms with Gasteiger partial charge in [0.2, 0.25) is 5.91 Å². The van der Waals surface area contributed by atoms with E-state index in [1.54, 1.807) is 18.3 Å². The third-order valence-electron chi connectivity index (χ3n) is 3.92. The van der Waals surface area contributed by atoms with E-state index < -0.39 is 0 Å². The van der Waals surface area contributed by atoms with Crippen molar-refractivity contribution in [2.24, 2.45) is 0 Å². The number of thiazole rings is 1. The highest BCUT2D eigenvalue weighted by Crippen LogP contribution is 2.26. The first-order chi connectivity index (χ1) is 10.2. The van der Waals surface area contributed by atoms with Crippen molar-refractivity contribution >= 4 is 17.2 Å². The second kappa shape index (κ2) is 6.37. The van der Waals surface area contributed by atoms with E-state index in [2.05, 4.69) is 22.0 Å². The van der Waals surface area contributed by atoms with Crippen LogP contribution in [0.4, 0.5) is 0 Å². The molecule has 0 aliphatic carbocycles. The average Bonchev–Trinajstić information content (AvgIpc) is 3.01. The molecule has 0 radical (unpaired) electrons. The van der Waals surface area contributed by atoms with Gasteiger partial charge in [0.1, 0.15) is 0 Å². The SMILES string of the molecule is CC(=O)N1CCN(Cc2cncs2)C[C@@H]1c1ccccc1. The number of hydrogen-bond acceptors (Lipinski definition) is 4. The van der Waals surface area contributed by atoms with E-state index in [0.29, 0.717) is 0 Å². The second-order valence-electron chi connectivity index (χ2n) is 5.34. The summed E-state index contributed by atoms with van der Waals surface area (Å²) in [5, 5.41) is 0. The highest BCUT2D eigenvalue weighted by molar-refractivity contribution is 7.09. The molecule has 110 valence electrons. The van der Waals surface area contributed by atoms with Gasteiger partial charge < -0.3 is 4.90 Å². The molecule has 21 heavy (non-hydrogen) atoms. The molecular weight excluding hydrogens is 282 g/mol. The Balaban J connectivity index is 1.77. The quantitative estimate of drug-likeness (QED) is 0.874. The lowest BCUT2D eigenvalue weighted by atomic mass is 10.0. The summed E-state index contributed by atoms with van der Waals surface area (Å²) in [5.74, 6) is 0.154. The van der Waals surface area contributed by atoms with Crippen molar-refractivity contribution in [2.75, 3.05) is 19.6 Å². The lowest BCUT2D eigenvalue weighted by molar-refractivity contribution is -0.134. The van der Waals surface area contributed by atoms with Gasteiger partial charge in [-0.2, -0.15) is 0 Å². The maximum atomic E-state index is 11.9. The van der Waals surface area contributed by atoms with Crippen molar-refractivity contribution in [1.29, 1.82) is 0 Å². The highest BCUT2D eigenvalue weighted by atomic mass is 32.1. The Hall–Kier alpha value is -1.72. The van der Waals surface area contributed by atoms with Gasteiger partial charge in [-0.1, -0.05) is 30.3 Å². The number of nitrogens with zero attached hydrogens (tertiary/aromatic N) is 3. The summed E-state index contributed by atoms with van der Waals surface area (Å²) in [6.07, 6.45) is 1.93. The van der Waals surface area contributed by atoms with Crippen molar-refractivity contribution in [3.63, 3.8) is 0 Å². The summed E-state index contributed by atoms with van der Waals surface area (Å²) in [6, 6.07) is 10.4. The minimum absolute atomic E-state index is 0.144. The second-order valence-corrected chi connectivity index (χ2v) is 6.31. The number of hydrogen-bond donors (Lipinski definition) is 0. The molecule has 5 heteroatoms.